The summed E-state index contributed by atoms with van der Waals surface area (Å²) in [6, 6.07) is 4.77. The molecular formula is C15H24ClFN2. The summed E-state index contributed by atoms with van der Waals surface area (Å²) < 4.78 is 13.4. The summed E-state index contributed by atoms with van der Waals surface area (Å²) in [6.45, 7) is 10.4. The minimum Gasteiger partial charge on any atom is -0.326 e. The van der Waals surface area contributed by atoms with Gasteiger partial charge < -0.3 is 5.73 Å². The van der Waals surface area contributed by atoms with E-state index in [4.69, 9.17) is 17.3 Å². The van der Waals surface area contributed by atoms with Gasteiger partial charge in [0.2, 0.25) is 0 Å². The van der Waals surface area contributed by atoms with E-state index in [2.05, 4.69) is 32.6 Å². The Morgan fingerprint density at radius 2 is 1.89 bits per heavy atom. The van der Waals surface area contributed by atoms with Gasteiger partial charge in [-0.05, 0) is 45.0 Å². The van der Waals surface area contributed by atoms with Crippen molar-refractivity contribution in [1.82, 2.24) is 4.90 Å². The molecule has 4 heteroatoms. The molecule has 2 nitrogen and oxygen atoms in total. The highest BCUT2D eigenvalue weighted by Crippen LogP contribution is 2.25. The van der Waals surface area contributed by atoms with Gasteiger partial charge in [0, 0.05) is 11.6 Å². The van der Waals surface area contributed by atoms with Gasteiger partial charge in [0.15, 0.2) is 0 Å². The molecule has 0 bridgehead atoms. The number of nitrogens with two attached hydrogens (primary N) is 1. The fraction of sp³-hybridized carbons (Fsp3) is 0.600. The molecule has 0 aliphatic rings. The van der Waals surface area contributed by atoms with Crippen molar-refractivity contribution in [3.8, 4) is 0 Å². The Balaban J connectivity index is 2.89. The summed E-state index contributed by atoms with van der Waals surface area (Å²) in [5.74, 6) is -0.382. The Labute approximate surface area is 120 Å². The third kappa shape index (κ3) is 3.68. The summed E-state index contributed by atoms with van der Waals surface area (Å²) in [7, 11) is 0. The molecule has 19 heavy (non-hydrogen) atoms. The van der Waals surface area contributed by atoms with Gasteiger partial charge in [0.05, 0.1) is 5.02 Å². The van der Waals surface area contributed by atoms with E-state index in [1.807, 2.05) is 6.07 Å². The van der Waals surface area contributed by atoms with Crippen molar-refractivity contribution in [2.45, 2.75) is 45.7 Å². The van der Waals surface area contributed by atoms with Crippen molar-refractivity contribution >= 4 is 11.6 Å². The van der Waals surface area contributed by atoms with Crippen LogP contribution in [-0.2, 0) is 6.42 Å². The van der Waals surface area contributed by atoms with Crippen LogP contribution in [0.3, 0.4) is 0 Å². The molecule has 0 aromatic heterocycles. The highest BCUT2D eigenvalue weighted by Gasteiger charge is 2.31. The normalized spacial score (nSPS) is 13.9. The third-order valence-electron chi connectivity index (χ3n) is 3.96. The maximum absolute atomic E-state index is 13.4. The van der Waals surface area contributed by atoms with E-state index in [1.165, 1.54) is 6.07 Å². The summed E-state index contributed by atoms with van der Waals surface area (Å²) in [5, 5.41) is 0.188. The molecule has 1 aromatic rings. The molecule has 108 valence electrons. The standard InChI is InChI=1S/C15H24ClFN2/c1-5-19(6-2)15(3,4)13(18)10-11-8-7-9-12(17)14(11)16/h7-9,13H,5-6,10,18H2,1-4H3. The lowest BCUT2D eigenvalue weighted by molar-refractivity contribution is 0.106. The minimum atomic E-state index is -0.382. The van der Waals surface area contributed by atoms with Crippen molar-refractivity contribution in [2.24, 2.45) is 5.73 Å². The van der Waals surface area contributed by atoms with Crippen LogP contribution < -0.4 is 5.73 Å². The molecule has 0 heterocycles. The summed E-state index contributed by atoms with van der Waals surface area (Å²) in [5.41, 5.74) is 6.95. The van der Waals surface area contributed by atoms with Crippen LogP contribution in [0.1, 0.15) is 33.3 Å². The molecule has 0 aliphatic carbocycles. The second-order valence-electron chi connectivity index (χ2n) is 5.35. The molecule has 1 unspecified atom stereocenters. The lowest BCUT2D eigenvalue weighted by Crippen LogP contribution is -2.56. The monoisotopic (exact) mass is 286 g/mol. The van der Waals surface area contributed by atoms with E-state index in [-0.39, 0.29) is 22.4 Å². The van der Waals surface area contributed by atoms with Crippen LogP contribution in [0.15, 0.2) is 18.2 Å². The summed E-state index contributed by atoms with van der Waals surface area (Å²) in [6.07, 6.45) is 0.570. The van der Waals surface area contributed by atoms with Crippen molar-refractivity contribution in [3.63, 3.8) is 0 Å². The number of benzene rings is 1. The van der Waals surface area contributed by atoms with Crippen LogP contribution >= 0.6 is 11.6 Å². The molecule has 2 N–H and O–H groups in total. The first kappa shape index (κ1) is 16.4. The number of rotatable bonds is 6. The van der Waals surface area contributed by atoms with Gasteiger partial charge in [-0.1, -0.05) is 37.6 Å². The zero-order valence-corrected chi connectivity index (χ0v) is 13.0. The van der Waals surface area contributed by atoms with Gasteiger partial charge in [0.25, 0.3) is 0 Å². The zero-order chi connectivity index (χ0) is 14.6. The van der Waals surface area contributed by atoms with E-state index < -0.39 is 0 Å². The molecule has 1 aromatic carbocycles. The Morgan fingerprint density at radius 3 is 2.42 bits per heavy atom. The molecule has 0 radical (unpaired) electrons. The smallest absolute Gasteiger partial charge is 0.142 e. The van der Waals surface area contributed by atoms with Gasteiger partial charge in [-0.3, -0.25) is 4.90 Å². The average molecular weight is 287 g/mol. The Bertz CT molecular complexity index is 417. The quantitative estimate of drug-likeness (QED) is 0.868. The van der Waals surface area contributed by atoms with E-state index in [9.17, 15) is 4.39 Å². The number of likely N-dealkylation sites (N-methyl/N-ethyl adjacent to an activating group) is 1. The second-order valence-corrected chi connectivity index (χ2v) is 5.73. The van der Waals surface area contributed by atoms with Gasteiger partial charge in [-0.2, -0.15) is 0 Å². The Morgan fingerprint density at radius 1 is 1.32 bits per heavy atom. The van der Waals surface area contributed by atoms with Crippen LogP contribution in [0, 0.1) is 5.82 Å². The fourth-order valence-electron chi connectivity index (χ4n) is 2.47. The molecule has 0 aliphatic heterocycles. The predicted octanol–water partition coefficient (Wildman–Crippen LogP) is 3.47. The van der Waals surface area contributed by atoms with Gasteiger partial charge >= 0.3 is 0 Å². The first-order valence-corrected chi connectivity index (χ1v) is 7.15. The molecular weight excluding hydrogens is 263 g/mol. The molecule has 0 fully saturated rings. The highest BCUT2D eigenvalue weighted by molar-refractivity contribution is 6.31. The van der Waals surface area contributed by atoms with Crippen LogP contribution in [0.2, 0.25) is 5.02 Å². The maximum atomic E-state index is 13.4. The summed E-state index contributed by atoms with van der Waals surface area (Å²) >= 11 is 5.99. The van der Waals surface area contributed by atoms with E-state index >= 15 is 0 Å². The van der Waals surface area contributed by atoms with Crippen LogP contribution in [0.25, 0.3) is 0 Å². The number of halogens is 2. The van der Waals surface area contributed by atoms with Gasteiger partial charge in [-0.15, -0.1) is 0 Å². The molecule has 0 amide bonds. The number of hydrogen-bond donors (Lipinski definition) is 1. The zero-order valence-electron chi connectivity index (χ0n) is 12.2. The van der Waals surface area contributed by atoms with E-state index in [0.717, 1.165) is 18.7 Å². The van der Waals surface area contributed by atoms with Crippen molar-refractivity contribution in [1.29, 1.82) is 0 Å². The molecule has 0 saturated heterocycles. The average Bonchev–Trinajstić information content (AvgIpc) is 2.36. The number of hydrogen-bond acceptors (Lipinski definition) is 2. The molecule has 1 rings (SSSR count). The largest absolute Gasteiger partial charge is 0.326 e. The second kappa shape index (κ2) is 6.69. The van der Waals surface area contributed by atoms with Crippen LogP contribution in [0.4, 0.5) is 4.39 Å². The fourth-order valence-corrected chi connectivity index (χ4v) is 2.67. The van der Waals surface area contributed by atoms with E-state index in [1.54, 1.807) is 6.07 Å². The lowest BCUT2D eigenvalue weighted by Gasteiger charge is -2.42. The van der Waals surface area contributed by atoms with Gasteiger partial charge in [0.1, 0.15) is 5.82 Å². The van der Waals surface area contributed by atoms with E-state index in [0.29, 0.717) is 6.42 Å². The predicted molar refractivity (Wildman–Crippen MR) is 80.1 cm³/mol. The first-order valence-electron chi connectivity index (χ1n) is 6.78. The number of nitrogens with zero attached hydrogens (tertiary/aromatic N) is 1. The first-order chi connectivity index (χ1) is 8.84. The van der Waals surface area contributed by atoms with Crippen molar-refractivity contribution in [3.05, 3.63) is 34.6 Å². The molecule has 1 atom stereocenters. The molecule has 0 saturated carbocycles. The SMILES string of the molecule is CCN(CC)C(C)(C)C(N)Cc1cccc(F)c1Cl. The third-order valence-corrected chi connectivity index (χ3v) is 4.38. The lowest BCUT2D eigenvalue weighted by atomic mass is 9.88. The summed E-state index contributed by atoms with van der Waals surface area (Å²) in [4.78, 5) is 2.31. The Hall–Kier alpha value is -0.640. The topological polar surface area (TPSA) is 29.3 Å². The molecule has 0 spiro atoms. The van der Waals surface area contributed by atoms with Crippen molar-refractivity contribution < 1.29 is 4.39 Å². The highest BCUT2D eigenvalue weighted by atomic mass is 35.5. The van der Waals surface area contributed by atoms with Crippen molar-refractivity contribution in [2.75, 3.05) is 13.1 Å². The van der Waals surface area contributed by atoms with Crippen LogP contribution in [-0.4, -0.2) is 29.6 Å². The Kier molecular flexibility index (Phi) is 5.78. The van der Waals surface area contributed by atoms with Gasteiger partial charge in [-0.25, -0.2) is 4.39 Å². The van der Waals surface area contributed by atoms with Crippen LogP contribution in [0.5, 0.6) is 0 Å². The maximum Gasteiger partial charge on any atom is 0.142 e. The minimum absolute atomic E-state index is 0.105.